The van der Waals surface area contributed by atoms with Crippen molar-refractivity contribution in [1.82, 2.24) is 0 Å². The molecule has 0 saturated heterocycles. The molecular weight excluding hydrogens is 256 g/mol. The molecule has 0 aliphatic carbocycles. The second-order valence-electron chi connectivity index (χ2n) is 4.65. The standard InChI is InChI=1S/C15H16N2O3/c1-10-4-11(2)6-14(5-10)20-15-8-12(16-3)7-13(9-15)17(18)19/h4-9,16H,1-3H3. The average molecular weight is 272 g/mol. The fourth-order valence-electron chi connectivity index (χ4n) is 2.02. The summed E-state index contributed by atoms with van der Waals surface area (Å²) in [6.45, 7) is 3.96. The molecule has 20 heavy (non-hydrogen) atoms. The third-order valence-electron chi connectivity index (χ3n) is 2.82. The lowest BCUT2D eigenvalue weighted by molar-refractivity contribution is -0.384. The second kappa shape index (κ2) is 5.61. The van der Waals surface area contributed by atoms with Gasteiger partial charge in [0.25, 0.3) is 5.69 Å². The van der Waals surface area contributed by atoms with Gasteiger partial charge in [-0.05, 0) is 37.1 Å². The summed E-state index contributed by atoms with van der Waals surface area (Å²) in [7, 11) is 1.71. The molecule has 2 aromatic carbocycles. The van der Waals surface area contributed by atoms with Crippen molar-refractivity contribution in [2.75, 3.05) is 12.4 Å². The van der Waals surface area contributed by atoms with Crippen molar-refractivity contribution in [3.63, 3.8) is 0 Å². The van der Waals surface area contributed by atoms with Crippen LogP contribution in [0.1, 0.15) is 11.1 Å². The average Bonchev–Trinajstić information content (AvgIpc) is 2.36. The normalized spacial score (nSPS) is 10.2. The summed E-state index contributed by atoms with van der Waals surface area (Å²) in [5.41, 5.74) is 2.80. The van der Waals surface area contributed by atoms with E-state index in [1.54, 1.807) is 13.1 Å². The van der Waals surface area contributed by atoms with Crippen molar-refractivity contribution in [3.8, 4) is 11.5 Å². The van der Waals surface area contributed by atoms with Gasteiger partial charge in [-0.15, -0.1) is 0 Å². The van der Waals surface area contributed by atoms with Crippen LogP contribution in [-0.2, 0) is 0 Å². The van der Waals surface area contributed by atoms with E-state index < -0.39 is 4.92 Å². The van der Waals surface area contributed by atoms with E-state index >= 15 is 0 Å². The first kappa shape index (κ1) is 13.9. The van der Waals surface area contributed by atoms with Gasteiger partial charge >= 0.3 is 0 Å². The van der Waals surface area contributed by atoms with Gasteiger partial charge in [0.1, 0.15) is 11.5 Å². The number of benzene rings is 2. The molecule has 0 atom stereocenters. The molecule has 0 bridgehead atoms. The van der Waals surface area contributed by atoms with Gasteiger partial charge < -0.3 is 10.1 Å². The second-order valence-corrected chi connectivity index (χ2v) is 4.65. The minimum absolute atomic E-state index is 0.00350. The molecule has 2 rings (SSSR count). The van der Waals surface area contributed by atoms with E-state index in [9.17, 15) is 10.1 Å². The van der Waals surface area contributed by atoms with E-state index in [1.807, 2.05) is 32.0 Å². The zero-order valence-corrected chi connectivity index (χ0v) is 11.6. The van der Waals surface area contributed by atoms with Crippen LogP contribution in [0.25, 0.3) is 0 Å². The summed E-state index contributed by atoms with van der Waals surface area (Å²) in [5.74, 6) is 1.11. The van der Waals surface area contributed by atoms with Crippen LogP contribution >= 0.6 is 0 Å². The van der Waals surface area contributed by atoms with Crippen LogP contribution in [0.15, 0.2) is 36.4 Å². The number of ether oxygens (including phenoxy) is 1. The van der Waals surface area contributed by atoms with E-state index in [-0.39, 0.29) is 5.69 Å². The van der Waals surface area contributed by atoms with Crippen molar-refractivity contribution in [2.45, 2.75) is 13.8 Å². The maximum absolute atomic E-state index is 10.9. The molecule has 0 fully saturated rings. The predicted octanol–water partition coefficient (Wildman–Crippen LogP) is 4.05. The Morgan fingerprint density at radius 2 is 1.60 bits per heavy atom. The van der Waals surface area contributed by atoms with Gasteiger partial charge in [0.2, 0.25) is 0 Å². The molecule has 0 radical (unpaired) electrons. The molecule has 5 heteroatoms. The van der Waals surface area contributed by atoms with Crippen molar-refractivity contribution in [2.24, 2.45) is 0 Å². The highest BCUT2D eigenvalue weighted by Gasteiger charge is 2.11. The lowest BCUT2D eigenvalue weighted by atomic mass is 10.1. The number of non-ortho nitro benzene ring substituents is 1. The zero-order chi connectivity index (χ0) is 14.7. The Morgan fingerprint density at radius 3 is 2.15 bits per heavy atom. The number of aryl methyl sites for hydroxylation is 2. The Labute approximate surface area is 117 Å². The summed E-state index contributed by atoms with van der Waals surface area (Å²) < 4.78 is 5.73. The largest absolute Gasteiger partial charge is 0.457 e. The van der Waals surface area contributed by atoms with E-state index in [4.69, 9.17) is 4.74 Å². The van der Waals surface area contributed by atoms with E-state index in [0.29, 0.717) is 17.2 Å². The number of rotatable bonds is 4. The lowest BCUT2D eigenvalue weighted by Crippen LogP contribution is -1.94. The highest BCUT2D eigenvalue weighted by molar-refractivity contribution is 5.56. The van der Waals surface area contributed by atoms with Crippen LogP contribution < -0.4 is 10.1 Å². The van der Waals surface area contributed by atoms with Gasteiger partial charge in [-0.3, -0.25) is 10.1 Å². The topological polar surface area (TPSA) is 64.4 Å². The fourth-order valence-corrected chi connectivity index (χ4v) is 2.02. The molecule has 0 saturated carbocycles. The Morgan fingerprint density at radius 1 is 1.00 bits per heavy atom. The molecule has 0 spiro atoms. The molecule has 0 aliphatic rings. The Hall–Kier alpha value is -2.56. The van der Waals surface area contributed by atoms with E-state index in [1.165, 1.54) is 12.1 Å². The van der Waals surface area contributed by atoms with Gasteiger partial charge in [-0.25, -0.2) is 0 Å². The van der Waals surface area contributed by atoms with Crippen LogP contribution in [0, 0.1) is 24.0 Å². The van der Waals surface area contributed by atoms with Crippen molar-refractivity contribution in [3.05, 3.63) is 57.6 Å². The molecule has 0 aliphatic heterocycles. The van der Waals surface area contributed by atoms with Gasteiger partial charge in [-0.2, -0.15) is 0 Å². The van der Waals surface area contributed by atoms with Crippen molar-refractivity contribution in [1.29, 1.82) is 0 Å². The maximum atomic E-state index is 10.9. The molecule has 104 valence electrons. The molecule has 0 unspecified atom stereocenters. The van der Waals surface area contributed by atoms with Crippen LogP contribution in [0.4, 0.5) is 11.4 Å². The SMILES string of the molecule is CNc1cc(Oc2cc(C)cc(C)c2)cc([N+](=O)[O-])c1. The van der Waals surface area contributed by atoms with E-state index in [0.717, 1.165) is 11.1 Å². The lowest BCUT2D eigenvalue weighted by Gasteiger charge is -2.09. The minimum atomic E-state index is -0.435. The van der Waals surface area contributed by atoms with Gasteiger partial charge in [0.15, 0.2) is 0 Å². The summed E-state index contributed by atoms with van der Waals surface area (Å²) in [6.07, 6.45) is 0. The molecule has 5 nitrogen and oxygen atoms in total. The first-order valence-corrected chi connectivity index (χ1v) is 6.21. The Bertz CT molecular complexity index is 633. The number of nitrogens with one attached hydrogen (secondary N) is 1. The first-order chi connectivity index (χ1) is 9.47. The summed E-state index contributed by atoms with van der Waals surface area (Å²) >= 11 is 0. The number of nitro groups is 1. The highest BCUT2D eigenvalue weighted by atomic mass is 16.6. The first-order valence-electron chi connectivity index (χ1n) is 6.21. The van der Waals surface area contributed by atoms with Crippen LogP contribution in [-0.4, -0.2) is 12.0 Å². The predicted molar refractivity (Wildman–Crippen MR) is 78.6 cm³/mol. The number of nitrogens with zero attached hydrogens (tertiary/aromatic N) is 1. The molecule has 0 heterocycles. The third kappa shape index (κ3) is 3.26. The fraction of sp³-hybridized carbons (Fsp3) is 0.200. The maximum Gasteiger partial charge on any atom is 0.275 e. The number of anilines is 1. The van der Waals surface area contributed by atoms with E-state index in [2.05, 4.69) is 5.32 Å². The van der Waals surface area contributed by atoms with Crippen molar-refractivity contribution < 1.29 is 9.66 Å². The van der Waals surface area contributed by atoms with Gasteiger partial charge in [-0.1, -0.05) is 6.07 Å². The summed E-state index contributed by atoms with van der Waals surface area (Å²) in [5, 5.41) is 13.8. The summed E-state index contributed by atoms with van der Waals surface area (Å²) in [6, 6.07) is 10.4. The molecular formula is C15H16N2O3. The number of nitro benzene ring substituents is 1. The molecule has 0 aromatic heterocycles. The Kier molecular flexibility index (Phi) is 3.89. The van der Waals surface area contributed by atoms with Crippen molar-refractivity contribution >= 4 is 11.4 Å². The van der Waals surface area contributed by atoms with Crippen LogP contribution in [0.2, 0.25) is 0 Å². The van der Waals surface area contributed by atoms with Gasteiger partial charge in [0, 0.05) is 24.9 Å². The molecule has 0 amide bonds. The monoisotopic (exact) mass is 272 g/mol. The Balaban J connectivity index is 2.37. The number of hydrogen-bond acceptors (Lipinski definition) is 4. The quantitative estimate of drug-likeness (QED) is 0.673. The zero-order valence-electron chi connectivity index (χ0n) is 11.6. The smallest absolute Gasteiger partial charge is 0.275 e. The summed E-state index contributed by atoms with van der Waals surface area (Å²) in [4.78, 5) is 10.5. The number of hydrogen-bond donors (Lipinski definition) is 1. The van der Waals surface area contributed by atoms with Crippen LogP contribution in [0.5, 0.6) is 11.5 Å². The molecule has 1 N–H and O–H groups in total. The minimum Gasteiger partial charge on any atom is -0.457 e. The van der Waals surface area contributed by atoms with Gasteiger partial charge in [0.05, 0.1) is 11.0 Å². The molecule has 2 aromatic rings. The highest BCUT2D eigenvalue weighted by Crippen LogP contribution is 2.30. The third-order valence-corrected chi connectivity index (χ3v) is 2.82. The van der Waals surface area contributed by atoms with Crippen LogP contribution in [0.3, 0.4) is 0 Å².